The minimum Gasteiger partial charge on any atom is -0.493 e. The van der Waals surface area contributed by atoms with Gasteiger partial charge in [-0.1, -0.05) is 59.9 Å². The van der Waals surface area contributed by atoms with Crippen molar-refractivity contribution >= 4 is 51.7 Å². The number of methoxy groups -OCH3 is 3. The second kappa shape index (κ2) is 14.1. The van der Waals surface area contributed by atoms with Gasteiger partial charge in [-0.25, -0.2) is 9.79 Å². The van der Waals surface area contributed by atoms with Gasteiger partial charge in [0.1, 0.15) is 5.76 Å². The summed E-state index contributed by atoms with van der Waals surface area (Å²) in [5.74, 6) is 1.00. The van der Waals surface area contributed by atoms with Crippen molar-refractivity contribution in [1.82, 2.24) is 9.55 Å². The van der Waals surface area contributed by atoms with E-state index in [-0.39, 0.29) is 17.7 Å². The maximum absolute atomic E-state index is 14.4. The van der Waals surface area contributed by atoms with Crippen molar-refractivity contribution < 1.29 is 28.2 Å². The molecule has 0 fully saturated rings. The third kappa shape index (κ3) is 6.08. The fourth-order valence-corrected chi connectivity index (χ4v) is 7.76. The van der Waals surface area contributed by atoms with Gasteiger partial charge in [0.15, 0.2) is 21.4 Å². The summed E-state index contributed by atoms with van der Waals surface area (Å²) in [4.78, 5) is 39.1. The minimum atomic E-state index is -0.946. The number of benzene rings is 3. The Morgan fingerprint density at radius 3 is 2.44 bits per heavy atom. The van der Waals surface area contributed by atoms with E-state index < -0.39 is 12.0 Å². The highest BCUT2D eigenvalue weighted by Crippen LogP contribution is 2.43. The van der Waals surface area contributed by atoms with Crippen LogP contribution in [0.4, 0.5) is 0 Å². The second-order valence-corrected chi connectivity index (χ2v) is 13.0. The van der Waals surface area contributed by atoms with Crippen molar-refractivity contribution in [2.24, 2.45) is 4.99 Å². The molecule has 6 aromatic rings. The standard InChI is InChI=1S/C38H31N3O7S2/c1-5-47-37(43)31-33(23-11-7-6-8-12-23)40-38-41(34(31)24-19-26(44-2)35(46-4)27(20-24)45-3)36(42)29(50-38)21-25-16-17-30(48-25)49-28-15-9-13-22-14-10-18-39-32(22)28/h6-21,34H,5H2,1-4H3/b29-21-/t34-/m1/s1. The Hall–Kier alpha value is -5.59. The molecule has 3 aromatic heterocycles. The van der Waals surface area contributed by atoms with Crippen LogP contribution in [-0.4, -0.2) is 43.5 Å². The van der Waals surface area contributed by atoms with E-state index in [1.165, 1.54) is 49.0 Å². The number of carbonyl (C=O) groups excluding carboxylic acids is 1. The monoisotopic (exact) mass is 705 g/mol. The molecule has 1 atom stereocenters. The van der Waals surface area contributed by atoms with Gasteiger partial charge in [0, 0.05) is 28.1 Å². The van der Waals surface area contributed by atoms with Gasteiger partial charge in [0.25, 0.3) is 5.56 Å². The Morgan fingerprint density at radius 2 is 1.72 bits per heavy atom. The number of aromatic nitrogens is 2. The first-order valence-corrected chi connectivity index (χ1v) is 17.3. The molecule has 0 radical (unpaired) electrons. The molecule has 50 heavy (non-hydrogen) atoms. The fraction of sp³-hybridized carbons (Fsp3) is 0.158. The number of nitrogens with zero attached hydrogens (tertiary/aromatic N) is 3. The lowest BCUT2D eigenvalue weighted by molar-refractivity contribution is -0.138. The van der Waals surface area contributed by atoms with Crippen molar-refractivity contribution in [1.29, 1.82) is 0 Å². The summed E-state index contributed by atoms with van der Waals surface area (Å²) in [5, 5.41) is 1.68. The first kappa shape index (κ1) is 32.9. The first-order valence-electron chi connectivity index (χ1n) is 15.6. The molecule has 0 aliphatic carbocycles. The highest BCUT2D eigenvalue weighted by Gasteiger charge is 2.36. The van der Waals surface area contributed by atoms with E-state index in [4.69, 9.17) is 28.4 Å². The highest BCUT2D eigenvalue weighted by atomic mass is 32.2. The molecule has 0 spiro atoms. The molecule has 1 aliphatic rings. The minimum absolute atomic E-state index is 0.129. The number of para-hydroxylation sites is 1. The number of hydrogen-bond donors (Lipinski definition) is 0. The smallest absolute Gasteiger partial charge is 0.338 e. The van der Waals surface area contributed by atoms with E-state index in [9.17, 15) is 9.59 Å². The van der Waals surface area contributed by atoms with E-state index in [1.54, 1.807) is 31.3 Å². The van der Waals surface area contributed by atoms with Gasteiger partial charge in [0.2, 0.25) is 5.75 Å². The average Bonchev–Trinajstić information content (AvgIpc) is 3.73. The number of esters is 1. The van der Waals surface area contributed by atoms with Gasteiger partial charge in [-0.3, -0.25) is 14.3 Å². The molecule has 0 amide bonds. The lowest BCUT2D eigenvalue weighted by Gasteiger charge is -2.27. The van der Waals surface area contributed by atoms with Crippen molar-refractivity contribution in [2.75, 3.05) is 27.9 Å². The molecule has 3 aromatic carbocycles. The van der Waals surface area contributed by atoms with Gasteiger partial charge in [-0.15, -0.1) is 0 Å². The molecule has 0 unspecified atom stereocenters. The Labute approximate surface area is 294 Å². The van der Waals surface area contributed by atoms with Crippen molar-refractivity contribution in [3.8, 4) is 17.2 Å². The summed E-state index contributed by atoms with van der Waals surface area (Å²) in [6.07, 6.45) is 3.46. The summed E-state index contributed by atoms with van der Waals surface area (Å²) >= 11 is 2.66. The molecule has 4 heterocycles. The Kier molecular flexibility index (Phi) is 9.29. The zero-order valence-corrected chi connectivity index (χ0v) is 29.2. The molecular weight excluding hydrogens is 675 g/mol. The number of ether oxygens (including phenoxy) is 4. The SMILES string of the molecule is CCOC(=O)C1=C(c2ccccc2)N=c2s/c(=C\c3ccc(Sc4cccc5cccnc45)o3)c(=O)n2[C@@H]1c1cc(OC)c(OC)c(OC)c1. The first-order chi connectivity index (χ1) is 24.4. The van der Waals surface area contributed by atoms with Crippen LogP contribution in [0.1, 0.15) is 29.9 Å². The van der Waals surface area contributed by atoms with E-state index in [2.05, 4.69) is 4.98 Å². The average molecular weight is 706 g/mol. The molecule has 10 nitrogen and oxygen atoms in total. The van der Waals surface area contributed by atoms with Crippen LogP contribution in [0, 0.1) is 0 Å². The predicted octanol–water partition coefficient (Wildman–Crippen LogP) is 6.25. The van der Waals surface area contributed by atoms with Gasteiger partial charge in [-0.05, 0) is 60.6 Å². The third-order valence-electron chi connectivity index (χ3n) is 8.06. The quantitative estimate of drug-likeness (QED) is 0.153. The van der Waals surface area contributed by atoms with Crippen LogP contribution in [0.3, 0.4) is 0 Å². The normalized spacial score (nSPS) is 14.3. The summed E-state index contributed by atoms with van der Waals surface area (Å²) in [6.45, 7) is 1.86. The van der Waals surface area contributed by atoms with Crippen LogP contribution in [0.25, 0.3) is 22.7 Å². The van der Waals surface area contributed by atoms with Crippen molar-refractivity contribution in [3.63, 3.8) is 0 Å². The number of carbonyl (C=O) groups is 1. The number of fused-ring (bicyclic) bond motifs is 2. The van der Waals surface area contributed by atoms with E-state index in [0.717, 1.165) is 15.8 Å². The van der Waals surface area contributed by atoms with Gasteiger partial charge in [-0.2, -0.15) is 0 Å². The number of rotatable bonds is 10. The Bertz CT molecular complexity index is 2420. The predicted molar refractivity (Wildman–Crippen MR) is 192 cm³/mol. The van der Waals surface area contributed by atoms with Crippen LogP contribution in [0.5, 0.6) is 17.2 Å². The number of hydrogen-bond acceptors (Lipinski definition) is 11. The maximum atomic E-state index is 14.4. The molecule has 0 N–H and O–H groups in total. The molecule has 1 aliphatic heterocycles. The van der Waals surface area contributed by atoms with Gasteiger partial charge < -0.3 is 23.4 Å². The summed E-state index contributed by atoms with van der Waals surface area (Å²) in [6, 6.07) is 25.5. The zero-order chi connectivity index (χ0) is 34.8. The van der Waals surface area contributed by atoms with Crippen molar-refractivity contribution in [3.05, 3.63) is 133 Å². The number of furan rings is 1. The van der Waals surface area contributed by atoms with Crippen LogP contribution in [0.15, 0.2) is 121 Å². The van der Waals surface area contributed by atoms with E-state index in [0.29, 0.717) is 54.3 Å². The molecular formula is C38H31N3O7S2. The molecule has 0 saturated carbocycles. The fourth-order valence-electron chi connectivity index (χ4n) is 5.88. The third-order valence-corrected chi connectivity index (χ3v) is 10.0. The van der Waals surface area contributed by atoms with Crippen LogP contribution in [-0.2, 0) is 9.53 Å². The molecule has 0 bridgehead atoms. The zero-order valence-electron chi connectivity index (χ0n) is 27.5. The van der Waals surface area contributed by atoms with E-state index >= 15 is 0 Å². The van der Waals surface area contributed by atoms with Gasteiger partial charge in [0.05, 0.1) is 55.3 Å². The maximum Gasteiger partial charge on any atom is 0.338 e. The largest absolute Gasteiger partial charge is 0.493 e. The lowest BCUT2D eigenvalue weighted by atomic mass is 9.92. The molecule has 0 saturated heterocycles. The molecule has 7 rings (SSSR count). The van der Waals surface area contributed by atoms with Crippen molar-refractivity contribution in [2.45, 2.75) is 23.0 Å². The summed E-state index contributed by atoms with van der Waals surface area (Å²) in [5.41, 5.74) is 2.36. The topological polar surface area (TPSA) is 114 Å². The lowest BCUT2D eigenvalue weighted by Crippen LogP contribution is -2.40. The Balaban J connectivity index is 1.40. The molecule has 252 valence electrons. The van der Waals surface area contributed by atoms with Crippen LogP contribution < -0.4 is 29.1 Å². The highest BCUT2D eigenvalue weighted by molar-refractivity contribution is 7.99. The second-order valence-electron chi connectivity index (χ2n) is 11.0. The van der Waals surface area contributed by atoms with E-state index in [1.807, 2.05) is 72.8 Å². The summed E-state index contributed by atoms with van der Waals surface area (Å²) < 4.78 is 30.6. The number of pyridine rings is 1. The number of thiazole rings is 1. The molecule has 12 heteroatoms. The van der Waals surface area contributed by atoms with Crippen LogP contribution >= 0.6 is 23.1 Å². The van der Waals surface area contributed by atoms with Gasteiger partial charge >= 0.3 is 5.97 Å². The van der Waals surface area contributed by atoms with Crippen LogP contribution in [0.2, 0.25) is 0 Å². The Morgan fingerprint density at radius 1 is 0.960 bits per heavy atom. The summed E-state index contributed by atoms with van der Waals surface area (Å²) in [7, 11) is 4.53.